The van der Waals surface area contributed by atoms with Gasteiger partial charge in [0.05, 0.1) is 6.10 Å². The Morgan fingerprint density at radius 3 is 2.65 bits per heavy atom. The second-order valence-corrected chi connectivity index (χ2v) is 6.55. The van der Waals surface area contributed by atoms with Crippen LogP contribution in [0.15, 0.2) is 16.6 Å². The first-order valence-electron chi connectivity index (χ1n) is 7.46. The van der Waals surface area contributed by atoms with Gasteiger partial charge in [0.25, 0.3) is 0 Å². The van der Waals surface area contributed by atoms with Crippen LogP contribution in [0.5, 0.6) is 0 Å². The highest BCUT2D eigenvalue weighted by Gasteiger charge is 2.17. The van der Waals surface area contributed by atoms with Crippen molar-refractivity contribution in [3.8, 4) is 0 Å². The summed E-state index contributed by atoms with van der Waals surface area (Å²) in [6.45, 7) is 5.19. The highest BCUT2D eigenvalue weighted by Crippen LogP contribution is 2.28. The molecule has 0 aromatic heterocycles. The third-order valence-electron chi connectivity index (χ3n) is 4.11. The molecule has 0 spiro atoms. The van der Waals surface area contributed by atoms with Crippen LogP contribution in [0, 0.1) is 13.8 Å². The molecule has 1 heterocycles. The summed E-state index contributed by atoms with van der Waals surface area (Å²) < 4.78 is 6.86. The molecular formula is C16H25BrN2O. The standard InChI is InChI=1S/C16H25BrN2O/c1-11-9-13(10-12(2)16(11)17)15(19-18)7-3-5-14-6-4-8-20-14/h9-10,14-15,19H,3-8,18H2,1-2H3. The lowest BCUT2D eigenvalue weighted by Crippen LogP contribution is -2.28. The minimum absolute atomic E-state index is 0.224. The van der Waals surface area contributed by atoms with Crippen molar-refractivity contribution in [3.63, 3.8) is 0 Å². The molecule has 2 unspecified atom stereocenters. The van der Waals surface area contributed by atoms with Gasteiger partial charge in [-0.15, -0.1) is 0 Å². The molecule has 1 aliphatic rings. The number of aryl methyl sites for hydroxylation is 2. The highest BCUT2D eigenvalue weighted by molar-refractivity contribution is 9.10. The van der Waals surface area contributed by atoms with Gasteiger partial charge >= 0.3 is 0 Å². The number of hydrogen-bond donors (Lipinski definition) is 2. The molecule has 2 rings (SSSR count). The smallest absolute Gasteiger partial charge is 0.0576 e. The number of ether oxygens (including phenoxy) is 1. The van der Waals surface area contributed by atoms with Crippen LogP contribution in [0.2, 0.25) is 0 Å². The summed E-state index contributed by atoms with van der Waals surface area (Å²) in [6.07, 6.45) is 6.25. The Kier molecular flexibility index (Phi) is 6.02. The molecule has 3 nitrogen and oxygen atoms in total. The first-order chi connectivity index (χ1) is 9.61. The molecule has 112 valence electrons. The molecular weight excluding hydrogens is 316 g/mol. The summed E-state index contributed by atoms with van der Waals surface area (Å²) in [5.41, 5.74) is 6.76. The fraction of sp³-hybridized carbons (Fsp3) is 0.625. The zero-order valence-electron chi connectivity index (χ0n) is 12.4. The molecule has 3 N–H and O–H groups in total. The van der Waals surface area contributed by atoms with Crippen LogP contribution in [-0.4, -0.2) is 12.7 Å². The van der Waals surface area contributed by atoms with Gasteiger partial charge in [0.1, 0.15) is 0 Å². The predicted octanol–water partition coefficient (Wildman–Crippen LogP) is 3.92. The zero-order valence-corrected chi connectivity index (χ0v) is 14.0. The third kappa shape index (κ3) is 4.04. The lowest BCUT2D eigenvalue weighted by molar-refractivity contribution is 0.101. The van der Waals surface area contributed by atoms with Crippen LogP contribution in [-0.2, 0) is 4.74 Å². The van der Waals surface area contributed by atoms with E-state index in [2.05, 4.69) is 47.3 Å². The van der Waals surface area contributed by atoms with E-state index in [1.165, 1.54) is 34.0 Å². The number of nitrogens with one attached hydrogen (secondary N) is 1. The van der Waals surface area contributed by atoms with Crippen molar-refractivity contribution >= 4 is 15.9 Å². The average molecular weight is 341 g/mol. The molecule has 1 saturated heterocycles. The lowest BCUT2D eigenvalue weighted by atomic mass is 9.97. The average Bonchev–Trinajstić information content (AvgIpc) is 2.93. The largest absolute Gasteiger partial charge is 0.378 e. The van der Waals surface area contributed by atoms with Gasteiger partial charge in [0.2, 0.25) is 0 Å². The SMILES string of the molecule is Cc1cc(C(CCCC2CCCO2)NN)cc(C)c1Br. The van der Waals surface area contributed by atoms with Gasteiger partial charge in [-0.1, -0.05) is 28.1 Å². The van der Waals surface area contributed by atoms with Crippen LogP contribution < -0.4 is 11.3 Å². The van der Waals surface area contributed by atoms with Crippen molar-refractivity contribution in [3.05, 3.63) is 33.3 Å². The topological polar surface area (TPSA) is 47.3 Å². The number of hydrogen-bond acceptors (Lipinski definition) is 3. The van der Waals surface area contributed by atoms with E-state index >= 15 is 0 Å². The minimum Gasteiger partial charge on any atom is -0.378 e. The van der Waals surface area contributed by atoms with Crippen molar-refractivity contribution in [2.24, 2.45) is 5.84 Å². The van der Waals surface area contributed by atoms with E-state index in [1.54, 1.807) is 0 Å². The molecule has 0 saturated carbocycles. The van der Waals surface area contributed by atoms with Gasteiger partial charge in [0.15, 0.2) is 0 Å². The second-order valence-electron chi connectivity index (χ2n) is 5.75. The fourth-order valence-corrected chi connectivity index (χ4v) is 3.18. The normalized spacial score (nSPS) is 20.3. The van der Waals surface area contributed by atoms with Gasteiger partial charge in [-0.2, -0.15) is 0 Å². The second kappa shape index (κ2) is 7.55. The first kappa shape index (κ1) is 16.0. The molecule has 0 radical (unpaired) electrons. The zero-order chi connectivity index (χ0) is 14.5. The maximum absolute atomic E-state index is 5.74. The minimum atomic E-state index is 0.224. The van der Waals surface area contributed by atoms with E-state index in [-0.39, 0.29) is 6.04 Å². The van der Waals surface area contributed by atoms with E-state index in [0.29, 0.717) is 6.10 Å². The molecule has 0 aliphatic carbocycles. The summed E-state index contributed by atoms with van der Waals surface area (Å²) >= 11 is 3.61. The van der Waals surface area contributed by atoms with Crippen molar-refractivity contribution < 1.29 is 4.74 Å². The molecule has 0 bridgehead atoms. The summed E-state index contributed by atoms with van der Waals surface area (Å²) in [5, 5.41) is 0. The molecule has 0 amide bonds. The number of hydrazine groups is 1. The van der Waals surface area contributed by atoms with E-state index in [9.17, 15) is 0 Å². The van der Waals surface area contributed by atoms with Gasteiger partial charge in [0, 0.05) is 17.1 Å². The Hall–Kier alpha value is -0.420. The summed E-state index contributed by atoms with van der Waals surface area (Å²) in [4.78, 5) is 0. The molecule has 1 aliphatic heterocycles. The van der Waals surface area contributed by atoms with Gasteiger partial charge in [-0.3, -0.25) is 11.3 Å². The maximum atomic E-state index is 5.74. The molecule has 1 aromatic rings. The fourth-order valence-electron chi connectivity index (χ4n) is 2.95. The Bertz CT molecular complexity index is 421. The highest BCUT2D eigenvalue weighted by atomic mass is 79.9. The van der Waals surface area contributed by atoms with E-state index in [0.717, 1.165) is 25.9 Å². The quantitative estimate of drug-likeness (QED) is 0.609. The third-order valence-corrected chi connectivity index (χ3v) is 5.36. The van der Waals surface area contributed by atoms with Crippen LogP contribution in [0.1, 0.15) is 54.8 Å². The van der Waals surface area contributed by atoms with Crippen molar-refractivity contribution in [1.29, 1.82) is 0 Å². The number of halogens is 1. The molecule has 4 heteroatoms. The first-order valence-corrected chi connectivity index (χ1v) is 8.25. The van der Waals surface area contributed by atoms with Crippen LogP contribution >= 0.6 is 15.9 Å². The number of rotatable bonds is 6. The van der Waals surface area contributed by atoms with Crippen LogP contribution in [0.3, 0.4) is 0 Å². The number of benzene rings is 1. The monoisotopic (exact) mass is 340 g/mol. The number of nitrogens with two attached hydrogens (primary N) is 1. The Balaban J connectivity index is 1.93. The van der Waals surface area contributed by atoms with Crippen LogP contribution in [0.25, 0.3) is 0 Å². The van der Waals surface area contributed by atoms with Crippen molar-refractivity contribution in [2.45, 2.75) is 58.1 Å². The summed E-state index contributed by atoms with van der Waals surface area (Å²) in [6, 6.07) is 4.66. The summed E-state index contributed by atoms with van der Waals surface area (Å²) in [7, 11) is 0. The lowest BCUT2D eigenvalue weighted by Gasteiger charge is -2.19. The Morgan fingerprint density at radius 1 is 1.40 bits per heavy atom. The van der Waals surface area contributed by atoms with Gasteiger partial charge < -0.3 is 4.74 Å². The molecule has 20 heavy (non-hydrogen) atoms. The Morgan fingerprint density at radius 2 is 2.10 bits per heavy atom. The van der Waals surface area contributed by atoms with Crippen LogP contribution in [0.4, 0.5) is 0 Å². The summed E-state index contributed by atoms with van der Waals surface area (Å²) in [5.74, 6) is 5.74. The molecule has 1 aromatic carbocycles. The van der Waals surface area contributed by atoms with Crippen molar-refractivity contribution in [1.82, 2.24) is 5.43 Å². The maximum Gasteiger partial charge on any atom is 0.0576 e. The van der Waals surface area contributed by atoms with Crippen molar-refractivity contribution in [2.75, 3.05) is 6.61 Å². The Labute approximate surface area is 130 Å². The molecule has 2 atom stereocenters. The van der Waals surface area contributed by atoms with Gasteiger partial charge in [-0.05, 0) is 62.6 Å². The van der Waals surface area contributed by atoms with E-state index in [4.69, 9.17) is 10.6 Å². The predicted molar refractivity (Wildman–Crippen MR) is 86.5 cm³/mol. The molecule has 1 fully saturated rings. The van der Waals surface area contributed by atoms with E-state index in [1.807, 2.05) is 0 Å². The van der Waals surface area contributed by atoms with Gasteiger partial charge in [-0.25, -0.2) is 0 Å². The van der Waals surface area contributed by atoms with E-state index < -0.39 is 0 Å².